The maximum Gasteiger partial charge on any atom is 0.194 e. The minimum absolute atomic E-state index is 0.00833. The van der Waals surface area contributed by atoms with Crippen molar-refractivity contribution in [2.45, 2.75) is 13.8 Å². The van der Waals surface area contributed by atoms with E-state index in [1.807, 2.05) is 32.0 Å². The van der Waals surface area contributed by atoms with Crippen molar-refractivity contribution >= 4 is 5.78 Å². The van der Waals surface area contributed by atoms with Crippen molar-refractivity contribution in [3.63, 3.8) is 0 Å². The molecule has 0 heterocycles. The Morgan fingerprint density at radius 2 is 1.41 bits per heavy atom. The molecule has 1 N–H and O–H groups in total. The molecule has 0 spiro atoms. The van der Waals surface area contributed by atoms with E-state index >= 15 is 0 Å². The average Bonchev–Trinajstić information content (AvgIpc) is 2.54. The van der Waals surface area contributed by atoms with Crippen LogP contribution in [0.4, 0.5) is 0 Å². The summed E-state index contributed by atoms with van der Waals surface area (Å²) in [5.74, 6) is 0.146. The molecule has 1 aliphatic rings. The zero-order valence-electron chi connectivity index (χ0n) is 9.74. The first-order valence-corrected chi connectivity index (χ1v) is 5.57. The maximum absolute atomic E-state index is 12.2. The lowest BCUT2D eigenvalue weighted by atomic mass is 10.00. The number of ketones is 1. The van der Waals surface area contributed by atoms with Gasteiger partial charge in [-0.05, 0) is 60.4 Å². The standard InChI is InChI=1S/C15H12O2/c1-8-5-12-11-4-3-10(16)7-14(11)15(17)13(12)6-9(8)2/h3-7,16H,1-2H3. The van der Waals surface area contributed by atoms with Crippen LogP contribution in [0.25, 0.3) is 11.1 Å². The van der Waals surface area contributed by atoms with Crippen LogP contribution >= 0.6 is 0 Å². The number of fused-ring (bicyclic) bond motifs is 3. The number of aromatic hydroxyl groups is 1. The Kier molecular flexibility index (Phi) is 1.90. The van der Waals surface area contributed by atoms with Crippen molar-refractivity contribution in [1.29, 1.82) is 0 Å². The van der Waals surface area contributed by atoms with E-state index in [4.69, 9.17) is 0 Å². The van der Waals surface area contributed by atoms with Gasteiger partial charge in [0.2, 0.25) is 0 Å². The second-order valence-electron chi connectivity index (χ2n) is 4.54. The van der Waals surface area contributed by atoms with Crippen LogP contribution in [0.2, 0.25) is 0 Å². The normalized spacial score (nSPS) is 12.5. The molecule has 2 aromatic rings. The van der Waals surface area contributed by atoms with E-state index in [1.54, 1.807) is 12.1 Å². The Labute approximate surface area is 99.5 Å². The molecule has 0 saturated heterocycles. The van der Waals surface area contributed by atoms with Gasteiger partial charge in [0, 0.05) is 11.1 Å². The van der Waals surface area contributed by atoms with E-state index in [2.05, 4.69) is 0 Å². The molecule has 0 fully saturated rings. The molecule has 17 heavy (non-hydrogen) atoms. The minimum atomic E-state index is 0.00833. The first kappa shape index (κ1) is 10.1. The lowest BCUT2D eigenvalue weighted by molar-refractivity contribution is 0.104. The second-order valence-corrected chi connectivity index (χ2v) is 4.54. The molecule has 0 amide bonds. The number of phenolic OH excluding ortho intramolecular Hbond substituents is 1. The quantitative estimate of drug-likeness (QED) is 0.636. The first-order valence-electron chi connectivity index (χ1n) is 5.57. The Morgan fingerprint density at radius 1 is 0.824 bits per heavy atom. The van der Waals surface area contributed by atoms with Crippen molar-refractivity contribution in [1.82, 2.24) is 0 Å². The third kappa shape index (κ3) is 1.30. The molecule has 0 aromatic heterocycles. The highest BCUT2D eigenvalue weighted by Crippen LogP contribution is 2.39. The topological polar surface area (TPSA) is 37.3 Å². The smallest absolute Gasteiger partial charge is 0.194 e. The van der Waals surface area contributed by atoms with E-state index in [1.165, 1.54) is 5.56 Å². The van der Waals surface area contributed by atoms with E-state index in [9.17, 15) is 9.90 Å². The van der Waals surface area contributed by atoms with E-state index in [0.29, 0.717) is 5.56 Å². The van der Waals surface area contributed by atoms with Gasteiger partial charge in [0.15, 0.2) is 5.78 Å². The highest BCUT2D eigenvalue weighted by atomic mass is 16.3. The molecular weight excluding hydrogens is 212 g/mol. The van der Waals surface area contributed by atoms with Crippen LogP contribution in [0.3, 0.4) is 0 Å². The number of phenols is 1. The van der Waals surface area contributed by atoms with Gasteiger partial charge in [-0.15, -0.1) is 0 Å². The molecule has 0 aliphatic heterocycles. The summed E-state index contributed by atoms with van der Waals surface area (Å²) >= 11 is 0. The summed E-state index contributed by atoms with van der Waals surface area (Å²) in [6.07, 6.45) is 0. The fourth-order valence-corrected chi connectivity index (χ4v) is 2.33. The zero-order valence-corrected chi connectivity index (χ0v) is 9.74. The summed E-state index contributed by atoms with van der Waals surface area (Å²) < 4.78 is 0. The predicted octanol–water partition coefficient (Wildman–Crippen LogP) is 3.22. The third-order valence-electron chi connectivity index (χ3n) is 3.42. The van der Waals surface area contributed by atoms with Crippen molar-refractivity contribution in [2.75, 3.05) is 0 Å². The fourth-order valence-electron chi connectivity index (χ4n) is 2.33. The molecule has 84 valence electrons. The molecular formula is C15H12O2. The van der Waals surface area contributed by atoms with E-state index in [0.717, 1.165) is 22.3 Å². The molecule has 0 bridgehead atoms. The lowest BCUT2D eigenvalue weighted by Gasteiger charge is -2.04. The van der Waals surface area contributed by atoms with Crippen molar-refractivity contribution in [2.24, 2.45) is 0 Å². The van der Waals surface area contributed by atoms with Crippen LogP contribution in [0.5, 0.6) is 5.75 Å². The van der Waals surface area contributed by atoms with Crippen molar-refractivity contribution in [3.05, 3.63) is 52.6 Å². The van der Waals surface area contributed by atoms with Crippen LogP contribution in [0, 0.1) is 13.8 Å². The third-order valence-corrected chi connectivity index (χ3v) is 3.42. The summed E-state index contributed by atoms with van der Waals surface area (Å²) in [7, 11) is 0. The SMILES string of the molecule is Cc1cc2c(cc1C)-c1ccc(O)cc1C2=O. The molecule has 0 radical (unpaired) electrons. The molecule has 2 aromatic carbocycles. The molecule has 2 nitrogen and oxygen atoms in total. The molecule has 0 saturated carbocycles. The summed E-state index contributed by atoms with van der Waals surface area (Å²) in [5, 5.41) is 9.45. The van der Waals surface area contributed by atoms with Gasteiger partial charge < -0.3 is 5.11 Å². The van der Waals surface area contributed by atoms with Crippen LogP contribution in [0.1, 0.15) is 27.0 Å². The van der Waals surface area contributed by atoms with Gasteiger partial charge in [-0.25, -0.2) is 0 Å². The number of carbonyl (C=O) groups excluding carboxylic acids is 1. The Hall–Kier alpha value is -2.09. The van der Waals surface area contributed by atoms with Crippen LogP contribution in [-0.2, 0) is 0 Å². The second kappa shape index (κ2) is 3.20. The summed E-state index contributed by atoms with van der Waals surface area (Å²) in [6.45, 7) is 4.04. The van der Waals surface area contributed by atoms with E-state index < -0.39 is 0 Å². The van der Waals surface area contributed by atoms with Gasteiger partial charge in [-0.2, -0.15) is 0 Å². The summed E-state index contributed by atoms with van der Waals surface area (Å²) in [6, 6.07) is 8.96. The summed E-state index contributed by atoms with van der Waals surface area (Å²) in [5.41, 5.74) is 5.55. The fraction of sp³-hybridized carbons (Fsp3) is 0.133. The number of carbonyl (C=O) groups is 1. The van der Waals surface area contributed by atoms with Gasteiger partial charge in [-0.1, -0.05) is 6.07 Å². The molecule has 0 atom stereocenters. The minimum Gasteiger partial charge on any atom is -0.508 e. The Balaban J connectivity index is 2.35. The van der Waals surface area contributed by atoms with Gasteiger partial charge in [0.25, 0.3) is 0 Å². The van der Waals surface area contributed by atoms with Crippen LogP contribution in [0.15, 0.2) is 30.3 Å². The maximum atomic E-state index is 12.2. The zero-order chi connectivity index (χ0) is 12.2. The van der Waals surface area contributed by atoms with Gasteiger partial charge in [0.1, 0.15) is 5.75 Å². The number of rotatable bonds is 0. The first-order chi connectivity index (χ1) is 8.08. The Bertz CT molecular complexity index is 654. The number of hydrogen-bond donors (Lipinski definition) is 1. The molecule has 2 heteroatoms. The molecule has 3 rings (SSSR count). The van der Waals surface area contributed by atoms with Gasteiger partial charge in [-0.3, -0.25) is 4.79 Å². The number of benzene rings is 2. The average molecular weight is 224 g/mol. The van der Waals surface area contributed by atoms with Crippen molar-refractivity contribution in [3.8, 4) is 16.9 Å². The van der Waals surface area contributed by atoms with Crippen LogP contribution in [-0.4, -0.2) is 10.9 Å². The highest BCUT2D eigenvalue weighted by Gasteiger charge is 2.27. The highest BCUT2D eigenvalue weighted by molar-refractivity contribution is 6.22. The Morgan fingerprint density at radius 3 is 2.12 bits per heavy atom. The number of aryl methyl sites for hydroxylation is 2. The monoisotopic (exact) mass is 224 g/mol. The van der Waals surface area contributed by atoms with E-state index in [-0.39, 0.29) is 11.5 Å². The largest absolute Gasteiger partial charge is 0.508 e. The summed E-state index contributed by atoms with van der Waals surface area (Å²) in [4.78, 5) is 12.2. The van der Waals surface area contributed by atoms with Crippen molar-refractivity contribution < 1.29 is 9.90 Å². The molecule has 1 aliphatic carbocycles. The molecule has 0 unspecified atom stereocenters. The lowest BCUT2D eigenvalue weighted by Crippen LogP contribution is -1.96. The number of hydrogen-bond acceptors (Lipinski definition) is 2. The van der Waals surface area contributed by atoms with Gasteiger partial charge in [0.05, 0.1) is 0 Å². The predicted molar refractivity (Wildman–Crippen MR) is 66.4 cm³/mol. The van der Waals surface area contributed by atoms with Crippen LogP contribution < -0.4 is 0 Å². The van der Waals surface area contributed by atoms with Gasteiger partial charge >= 0.3 is 0 Å².